The van der Waals surface area contributed by atoms with Gasteiger partial charge in [-0.2, -0.15) is 0 Å². The Labute approximate surface area is 78.6 Å². The molecule has 1 N–H and O–H groups in total. The SMILES string of the molecule is CS(=O)(=O)CCC(=O)CNC1CC1. The van der Waals surface area contributed by atoms with Crippen molar-refractivity contribution in [2.45, 2.75) is 25.3 Å². The fourth-order valence-electron chi connectivity index (χ4n) is 0.933. The lowest BCUT2D eigenvalue weighted by atomic mass is 10.3. The van der Waals surface area contributed by atoms with Gasteiger partial charge < -0.3 is 5.32 Å². The number of hydrogen-bond donors (Lipinski definition) is 1. The molecule has 0 amide bonds. The van der Waals surface area contributed by atoms with E-state index in [0.717, 1.165) is 19.1 Å². The van der Waals surface area contributed by atoms with Crippen LogP contribution in [0.3, 0.4) is 0 Å². The molecule has 0 aromatic rings. The Kier molecular flexibility index (Phi) is 3.44. The van der Waals surface area contributed by atoms with E-state index in [4.69, 9.17) is 0 Å². The largest absolute Gasteiger partial charge is 0.307 e. The molecule has 0 radical (unpaired) electrons. The zero-order chi connectivity index (χ0) is 9.90. The van der Waals surface area contributed by atoms with Crippen molar-refractivity contribution in [2.24, 2.45) is 0 Å². The van der Waals surface area contributed by atoms with E-state index < -0.39 is 9.84 Å². The normalized spacial score (nSPS) is 17.3. The van der Waals surface area contributed by atoms with Gasteiger partial charge in [-0.3, -0.25) is 4.79 Å². The number of Topliss-reactive ketones (excluding diaryl/α,β-unsaturated/α-hetero) is 1. The van der Waals surface area contributed by atoms with Crippen molar-refractivity contribution >= 4 is 15.6 Å². The Balaban J connectivity index is 2.09. The van der Waals surface area contributed by atoms with Crippen molar-refractivity contribution in [3.8, 4) is 0 Å². The molecule has 4 nitrogen and oxygen atoms in total. The molecule has 0 spiro atoms. The molecule has 13 heavy (non-hydrogen) atoms. The van der Waals surface area contributed by atoms with E-state index in [-0.39, 0.29) is 18.0 Å². The highest BCUT2D eigenvalue weighted by Gasteiger charge is 2.21. The van der Waals surface area contributed by atoms with Crippen molar-refractivity contribution in [3.05, 3.63) is 0 Å². The van der Waals surface area contributed by atoms with Crippen molar-refractivity contribution in [2.75, 3.05) is 18.6 Å². The quantitative estimate of drug-likeness (QED) is 0.649. The summed E-state index contributed by atoms with van der Waals surface area (Å²) in [7, 11) is -2.99. The second-order valence-electron chi connectivity index (χ2n) is 3.57. The first-order valence-electron chi connectivity index (χ1n) is 4.40. The third kappa shape index (κ3) is 5.76. The van der Waals surface area contributed by atoms with Gasteiger partial charge in [0.15, 0.2) is 0 Å². The van der Waals surface area contributed by atoms with Gasteiger partial charge in [0, 0.05) is 18.7 Å². The van der Waals surface area contributed by atoms with Gasteiger partial charge in [-0.15, -0.1) is 0 Å². The van der Waals surface area contributed by atoms with Crippen LogP contribution in [0.2, 0.25) is 0 Å². The van der Waals surface area contributed by atoms with Gasteiger partial charge in [0.2, 0.25) is 0 Å². The highest BCUT2D eigenvalue weighted by Crippen LogP contribution is 2.18. The predicted octanol–water partition coefficient (Wildman–Crippen LogP) is -0.258. The number of ketones is 1. The zero-order valence-corrected chi connectivity index (χ0v) is 8.56. The lowest BCUT2D eigenvalue weighted by molar-refractivity contribution is -0.117. The van der Waals surface area contributed by atoms with Crippen LogP contribution < -0.4 is 5.32 Å². The molecular formula is C8H15NO3S. The molecule has 1 aliphatic carbocycles. The Hall–Kier alpha value is -0.420. The summed E-state index contributed by atoms with van der Waals surface area (Å²) in [6.07, 6.45) is 3.56. The Bertz CT molecular complexity index is 280. The van der Waals surface area contributed by atoms with Crippen molar-refractivity contribution < 1.29 is 13.2 Å². The first-order valence-corrected chi connectivity index (χ1v) is 6.46. The smallest absolute Gasteiger partial charge is 0.147 e. The van der Waals surface area contributed by atoms with Crippen LogP contribution in [0.1, 0.15) is 19.3 Å². The molecule has 0 aliphatic heterocycles. The van der Waals surface area contributed by atoms with E-state index in [1.807, 2.05) is 0 Å². The fourth-order valence-corrected chi connectivity index (χ4v) is 1.53. The molecule has 0 atom stereocenters. The van der Waals surface area contributed by atoms with Gasteiger partial charge in [-0.05, 0) is 12.8 Å². The summed E-state index contributed by atoms with van der Waals surface area (Å²) in [6.45, 7) is 0.320. The van der Waals surface area contributed by atoms with Crippen LogP contribution in [0, 0.1) is 0 Å². The molecule has 0 saturated heterocycles. The summed E-state index contributed by atoms with van der Waals surface area (Å²) < 4.78 is 21.4. The summed E-state index contributed by atoms with van der Waals surface area (Å²) >= 11 is 0. The Morgan fingerprint density at radius 2 is 2.08 bits per heavy atom. The van der Waals surface area contributed by atoms with E-state index in [1.165, 1.54) is 0 Å². The van der Waals surface area contributed by atoms with E-state index in [9.17, 15) is 13.2 Å². The van der Waals surface area contributed by atoms with Gasteiger partial charge >= 0.3 is 0 Å². The zero-order valence-electron chi connectivity index (χ0n) is 7.75. The maximum absolute atomic E-state index is 11.1. The monoisotopic (exact) mass is 205 g/mol. The number of nitrogens with one attached hydrogen (secondary N) is 1. The number of carbonyl (C=O) groups excluding carboxylic acids is 1. The lowest BCUT2D eigenvalue weighted by Crippen LogP contribution is -2.26. The summed E-state index contributed by atoms with van der Waals surface area (Å²) in [5, 5.41) is 3.05. The second-order valence-corrected chi connectivity index (χ2v) is 5.83. The van der Waals surface area contributed by atoms with Gasteiger partial charge in [0.1, 0.15) is 15.6 Å². The van der Waals surface area contributed by atoms with Crippen molar-refractivity contribution in [1.82, 2.24) is 5.32 Å². The summed E-state index contributed by atoms with van der Waals surface area (Å²) in [4.78, 5) is 11.1. The van der Waals surface area contributed by atoms with Crippen LogP contribution in [0.25, 0.3) is 0 Å². The van der Waals surface area contributed by atoms with E-state index in [1.54, 1.807) is 0 Å². The van der Waals surface area contributed by atoms with Gasteiger partial charge in [-0.25, -0.2) is 8.42 Å². The Morgan fingerprint density at radius 3 is 2.54 bits per heavy atom. The number of hydrogen-bond acceptors (Lipinski definition) is 4. The van der Waals surface area contributed by atoms with Crippen molar-refractivity contribution in [3.63, 3.8) is 0 Å². The van der Waals surface area contributed by atoms with Crippen LogP contribution >= 0.6 is 0 Å². The number of carbonyl (C=O) groups is 1. The molecule has 1 saturated carbocycles. The first kappa shape index (κ1) is 10.7. The first-order chi connectivity index (χ1) is 5.97. The molecule has 1 rings (SSSR count). The summed E-state index contributed by atoms with van der Waals surface area (Å²) in [5.74, 6) is -0.0459. The topological polar surface area (TPSA) is 63.2 Å². The maximum Gasteiger partial charge on any atom is 0.147 e. The summed E-state index contributed by atoms with van der Waals surface area (Å²) in [5.41, 5.74) is 0. The highest BCUT2D eigenvalue weighted by atomic mass is 32.2. The minimum Gasteiger partial charge on any atom is -0.307 e. The molecule has 0 aromatic heterocycles. The molecule has 0 aromatic carbocycles. The summed E-state index contributed by atoms with van der Waals surface area (Å²) in [6, 6.07) is 0.502. The van der Waals surface area contributed by atoms with Crippen LogP contribution in [0.4, 0.5) is 0 Å². The number of rotatable bonds is 6. The van der Waals surface area contributed by atoms with E-state index >= 15 is 0 Å². The maximum atomic E-state index is 11.1. The Morgan fingerprint density at radius 1 is 1.46 bits per heavy atom. The standard InChI is InChI=1S/C8H15NO3S/c1-13(11,12)5-4-8(10)6-9-7-2-3-7/h7,9H,2-6H2,1H3. The third-order valence-electron chi connectivity index (χ3n) is 1.92. The third-order valence-corrected chi connectivity index (χ3v) is 2.86. The van der Waals surface area contributed by atoms with Gasteiger partial charge in [0.05, 0.1) is 12.3 Å². The molecule has 76 valence electrons. The van der Waals surface area contributed by atoms with Crippen molar-refractivity contribution in [1.29, 1.82) is 0 Å². The van der Waals surface area contributed by atoms with Gasteiger partial charge in [-0.1, -0.05) is 0 Å². The molecule has 1 fully saturated rings. The fraction of sp³-hybridized carbons (Fsp3) is 0.875. The van der Waals surface area contributed by atoms with Crippen LogP contribution in [-0.4, -0.2) is 38.8 Å². The second kappa shape index (κ2) is 4.19. The minimum atomic E-state index is -2.99. The highest BCUT2D eigenvalue weighted by molar-refractivity contribution is 7.90. The van der Waals surface area contributed by atoms with E-state index in [0.29, 0.717) is 12.6 Å². The van der Waals surface area contributed by atoms with Gasteiger partial charge in [0.25, 0.3) is 0 Å². The minimum absolute atomic E-state index is 0.0164. The predicted molar refractivity (Wildman–Crippen MR) is 50.4 cm³/mol. The average Bonchev–Trinajstić information content (AvgIpc) is 2.78. The molecule has 0 unspecified atom stereocenters. The molecule has 5 heteroatoms. The molecule has 1 aliphatic rings. The average molecular weight is 205 g/mol. The van der Waals surface area contributed by atoms with Crippen LogP contribution in [-0.2, 0) is 14.6 Å². The lowest BCUT2D eigenvalue weighted by Gasteiger charge is -2.00. The molecule has 0 bridgehead atoms. The molecular weight excluding hydrogens is 190 g/mol. The molecule has 0 heterocycles. The van der Waals surface area contributed by atoms with Crippen LogP contribution in [0.5, 0.6) is 0 Å². The van der Waals surface area contributed by atoms with E-state index in [2.05, 4.69) is 5.32 Å². The number of sulfone groups is 1. The van der Waals surface area contributed by atoms with Crippen LogP contribution in [0.15, 0.2) is 0 Å².